The van der Waals surface area contributed by atoms with Crippen molar-refractivity contribution in [1.82, 2.24) is 35.1 Å². The molecule has 0 bridgehead atoms. The summed E-state index contributed by atoms with van der Waals surface area (Å²) in [5, 5.41) is 14.4. The lowest BCUT2D eigenvalue weighted by molar-refractivity contribution is -0.125. The van der Waals surface area contributed by atoms with Gasteiger partial charge in [0.2, 0.25) is 11.8 Å². The Kier molecular flexibility index (Phi) is 7.45. The van der Waals surface area contributed by atoms with Gasteiger partial charge in [-0.25, -0.2) is 9.50 Å². The zero-order valence-electron chi connectivity index (χ0n) is 23.5. The lowest BCUT2D eigenvalue weighted by Gasteiger charge is -2.22. The van der Waals surface area contributed by atoms with Crippen LogP contribution in [0.4, 0.5) is 0 Å². The first-order valence-electron chi connectivity index (χ1n) is 13.9. The molecule has 4 heterocycles. The Bertz CT molecular complexity index is 2000. The number of carbonyl (C=O) groups is 2. The van der Waals surface area contributed by atoms with Gasteiger partial charge in [0.25, 0.3) is 5.56 Å². The second kappa shape index (κ2) is 11.7. The number of nitrogens with zero attached hydrogens (tertiary/aromatic N) is 4. The molecule has 2 amide bonds. The summed E-state index contributed by atoms with van der Waals surface area (Å²) in [5.41, 5.74) is 3.88. The number of aromatic nitrogens is 4. The van der Waals surface area contributed by atoms with E-state index in [1.54, 1.807) is 27.5 Å². The third-order valence-electron chi connectivity index (χ3n) is 7.41. The fourth-order valence-electron chi connectivity index (χ4n) is 5.31. The summed E-state index contributed by atoms with van der Waals surface area (Å²) in [4.78, 5) is 42.4. The molecule has 1 saturated heterocycles. The molecular weight excluding hydrogens is 542 g/mol. The summed E-state index contributed by atoms with van der Waals surface area (Å²) in [6.07, 6.45) is 6.06. The van der Waals surface area contributed by atoms with Gasteiger partial charge in [-0.05, 0) is 49.1 Å². The van der Waals surface area contributed by atoms with Crippen molar-refractivity contribution in [3.8, 4) is 17.5 Å². The standard InChI is InChI=1S/C33H29N7O3/c1-21(26-20-36-39-18-8-17-34-31(26)39)37-22(2)28-19-24-10-6-9-23(11-7-16-35-32(42)27-14-15-29(41)38-27)30(24)33(43)40(28)25-12-4-3-5-13-25/h3-6,8-10,12-13,17-20,22,27,37H,1,14-16H2,2H3,(H,35,42)(H,38,41)/t22-,27-/m0/s1. The van der Waals surface area contributed by atoms with Crippen LogP contribution in [0.3, 0.4) is 0 Å². The average Bonchev–Trinajstić information content (AvgIpc) is 3.66. The van der Waals surface area contributed by atoms with Crippen molar-refractivity contribution in [3.05, 3.63) is 113 Å². The maximum atomic E-state index is 14.2. The molecule has 1 aliphatic heterocycles. The Labute approximate surface area is 247 Å². The first-order chi connectivity index (χ1) is 20.9. The van der Waals surface area contributed by atoms with Gasteiger partial charge in [-0.3, -0.25) is 19.0 Å². The number of hydrogen-bond acceptors (Lipinski definition) is 6. The van der Waals surface area contributed by atoms with Crippen molar-refractivity contribution in [2.45, 2.75) is 31.8 Å². The molecule has 10 nitrogen and oxygen atoms in total. The van der Waals surface area contributed by atoms with Gasteiger partial charge in [0, 0.05) is 41.5 Å². The van der Waals surface area contributed by atoms with Crippen LogP contribution in [0, 0.1) is 11.8 Å². The molecule has 3 aromatic heterocycles. The third-order valence-corrected chi connectivity index (χ3v) is 7.41. The van der Waals surface area contributed by atoms with Crippen molar-refractivity contribution < 1.29 is 9.59 Å². The SMILES string of the molecule is C=C(N[C@@H](C)c1cc2cccc(C#CCNC(=O)[C@@H]3CCC(=O)N3)c2c(=O)n1-c1ccccc1)c1cnn2cccnc12. The van der Waals surface area contributed by atoms with Crippen LogP contribution in [0.5, 0.6) is 0 Å². The van der Waals surface area contributed by atoms with E-state index < -0.39 is 6.04 Å². The fraction of sp³-hybridized carbons (Fsp3) is 0.182. The summed E-state index contributed by atoms with van der Waals surface area (Å²) < 4.78 is 3.38. The molecule has 5 aromatic rings. The predicted molar refractivity (Wildman–Crippen MR) is 164 cm³/mol. The highest BCUT2D eigenvalue weighted by atomic mass is 16.2. The van der Waals surface area contributed by atoms with E-state index in [0.29, 0.717) is 35.1 Å². The molecule has 0 aliphatic carbocycles. The molecule has 0 unspecified atom stereocenters. The summed E-state index contributed by atoms with van der Waals surface area (Å²) in [6.45, 7) is 6.30. The number of rotatable bonds is 7. The van der Waals surface area contributed by atoms with Gasteiger partial charge in [-0.2, -0.15) is 5.10 Å². The van der Waals surface area contributed by atoms with E-state index in [1.165, 1.54) is 0 Å². The lowest BCUT2D eigenvalue weighted by Crippen LogP contribution is -2.41. The van der Waals surface area contributed by atoms with Crippen LogP contribution in [0.2, 0.25) is 0 Å². The van der Waals surface area contributed by atoms with E-state index >= 15 is 0 Å². The first-order valence-corrected chi connectivity index (χ1v) is 13.9. The molecule has 0 spiro atoms. The summed E-state index contributed by atoms with van der Waals surface area (Å²) in [7, 11) is 0. The average molecular weight is 572 g/mol. The smallest absolute Gasteiger partial charge is 0.264 e. The number of fused-ring (bicyclic) bond motifs is 2. The van der Waals surface area contributed by atoms with Crippen molar-refractivity contribution >= 4 is 33.9 Å². The number of hydrogen-bond donors (Lipinski definition) is 3. The van der Waals surface area contributed by atoms with E-state index in [4.69, 9.17) is 0 Å². The van der Waals surface area contributed by atoms with Crippen LogP contribution in [0.1, 0.15) is 42.6 Å². The number of carbonyl (C=O) groups excluding carboxylic acids is 2. The van der Waals surface area contributed by atoms with Gasteiger partial charge >= 0.3 is 0 Å². The highest BCUT2D eigenvalue weighted by Gasteiger charge is 2.26. The van der Waals surface area contributed by atoms with Gasteiger partial charge in [0.1, 0.15) is 6.04 Å². The molecule has 2 atom stereocenters. The minimum atomic E-state index is -0.529. The van der Waals surface area contributed by atoms with Gasteiger partial charge < -0.3 is 16.0 Å². The Balaban J connectivity index is 1.34. The highest BCUT2D eigenvalue weighted by molar-refractivity contribution is 5.91. The Morgan fingerprint density at radius 2 is 2.00 bits per heavy atom. The maximum absolute atomic E-state index is 14.2. The molecule has 214 valence electrons. The molecule has 6 rings (SSSR count). The fourth-order valence-corrected chi connectivity index (χ4v) is 5.31. The molecule has 0 radical (unpaired) electrons. The summed E-state index contributed by atoms with van der Waals surface area (Å²) in [6, 6.07) is 17.9. The third kappa shape index (κ3) is 5.48. The Hall–Kier alpha value is -5.69. The maximum Gasteiger partial charge on any atom is 0.264 e. The van der Waals surface area contributed by atoms with Gasteiger partial charge in [0.05, 0.1) is 29.7 Å². The largest absolute Gasteiger partial charge is 0.377 e. The van der Waals surface area contributed by atoms with E-state index in [1.807, 2.05) is 67.7 Å². The van der Waals surface area contributed by atoms with E-state index in [0.717, 1.165) is 22.3 Å². The monoisotopic (exact) mass is 571 g/mol. The molecule has 43 heavy (non-hydrogen) atoms. The van der Waals surface area contributed by atoms with Crippen LogP contribution >= 0.6 is 0 Å². The summed E-state index contributed by atoms with van der Waals surface area (Å²) >= 11 is 0. The van der Waals surface area contributed by atoms with E-state index in [9.17, 15) is 14.4 Å². The van der Waals surface area contributed by atoms with Crippen molar-refractivity contribution in [3.63, 3.8) is 0 Å². The lowest BCUT2D eigenvalue weighted by atomic mass is 10.0. The zero-order valence-corrected chi connectivity index (χ0v) is 23.5. The van der Waals surface area contributed by atoms with Gasteiger partial charge in [-0.15, -0.1) is 0 Å². The van der Waals surface area contributed by atoms with Crippen molar-refractivity contribution in [2.75, 3.05) is 6.54 Å². The van der Waals surface area contributed by atoms with Crippen LogP contribution in [0.15, 0.2) is 90.6 Å². The molecule has 0 saturated carbocycles. The zero-order chi connectivity index (χ0) is 29.9. The number of benzene rings is 2. The van der Waals surface area contributed by atoms with Crippen molar-refractivity contribution in [1.29, 1.82) is 0 Å². The Morgan fingerprint density at radius 3 is 2.79 bits per heavy atom. The quantitative estimate of drug-likeness (QED) is 0.258. The molecule has 2 aromatic carbocycles. The van der Waals surface area contributed by atoms with Crippen LogP contribution in [0.25, 0.3) is 27.8 Å². The number of nitrogens with one attached hydrogen (secondary N) is 3. The second-order valence-electron chi connectivity index (χ2n) is 10.3. The first kappa shape index (κ1) is 27.5. The molecule has 3 N–H and O–H groups in total. The van der Waals surface area contributed by atoms with Gasteiger partial charge in [-0.1, -0.05) is 48.8 Å². The predicted octanol–water partition coefficient (Wildman–Crippen LogP) is 3.10. The molecule has 10 heteroatoms. The molecule has 1 aliphatic rings. The number of para-hydroxylation sites is 1. The van der Waals surface area contributed by atoms with Crippen LogP contribution < -0.4 is 21.5 Å². The van der Waals surface area contributed by atoms with E-state index in [2.05, 4.69) is 44.5 Å². The van der Waals surface area contributed by atoms with Crippen molar-refractivity contribution in [2.24, 2.45) is 0 Å². The van der Waals surface area contributed by atoms with Crippen LogP contribution in [-0.4, -0.2) is 43.6 Å². The van der Waals surface area contributed by atoms with E-state index in [-0.39, 0.29) is 30.0 Å². The second-order valence-corrected chi connectivity index (χ2v) is 10.3. The number of amides is 2. The van der Waals surface area contributed by atoms with Gasteiger partial charge in [0.15, 0.2) is 5.65 Å². The highest BCUT2D eigenvalue weighted by Crippen LogP contribution is 2.25. The van der Waals surface area contributed by atoms with Crippen LogP contribution in [-0.2, 0) is 9.59 Å². The minimum absolute atomic E-state index is 0.0913. The minimum Gasteiger partial charge on any atom is -0.377 e. The Morgan fingerprint density at radius 1 is 1.16 bits per heavy atom. The summed E-state index contributed by atoms with van der Waals surface area (Å²) in [5.74, 6) is 5.63. The molecular formula is C33H29N7O3. The number of pyridine rings is 1. The normalized spacial score (nSPS) is 15.0. The molecule has 1 fully saturated rings. The topological polar surface area (TPSA) is 122 Å².